The number of hydrogen-bond donors (Lipinski definition) is 2. The first-order valence-corrected chi connectivity index (χ1v) is 9.94. The molecule has 0 spiro atoms. The van der Waals surface area contributed by atoms with E-state index in [1.54, 1.807) is 0 Å². The van der Waals surface area contributed by atoms with Gasteiger partial charge in [-0.05, 0) is 38.4 Å². The molecule has 6 rings (SSSR count). The topological polar surface area (TPSA) is 58.9 Å². The van der Waals surface area contributed by atoms with E-state index < -0.39 is 18.5 Å². The summed E-state index contributed by atoms with van der Waals surface area (Å²) in [6.45, 7) is -0.217. The van der Waals surface area contributed by atoms with Crippen LogP contribution in [0.2, 0.25) is 0 Å². The van der Waals surface area contributed by atoms with Crippen molar-refractivity contribution in [2.45, 2.75) is 24.9 Å². The van der Waals surface area contributed by atoms with Gasteiger partial charge >= 0.3 is 0 Å². The van der Waals surface area contributed by atoms with Gasteiger partial charge in [0, 0.05) is 17.2 Å². The van der Waals surface area contributed by atoms with Gasteiger partial charge in [-0.25, -0.2) is 0 Å². The van der Waals surface area contributed by atoms with E-state index in [9.17, 15) is 10.2 Å². The van der Waals surface area contributed by atoms with Crippen LogP contribution in [0.25, 0.3) is 43.1 Å². The number of hydrogen-bond acceptors (Lipinski definition) is 4. The maximum atomic E-state index is 10.0. The third kappa shape index (κ3) is 2.43. The zero-order valence-electron chi connectivity index (χ0n) is 15.7. The van der Waals surface area contributed by atoms with E-state index in [1.165, 1.54) is 37.7 Å². The standard InChI is InChI=1S/C25H20O4/c26-13-22-20(27)12-23(29-22)28-21-11-10-18-16-7-2-5-14-4-1-6-15(24(14)16)17-8-3-9-19(21)25(17)18/h1-11,20,22-23,26-27H,12-13H2/t20-,22+,23+/m0/s1. The van der Waals surface area contributed by atoms with Crippen molar-refractivity contribution in [3.05, 3.63) is 66.7 Å². The number of ether oxygens (including phenoxy) is 2. The molecule has 29 heavy (non-hydrogen) atoms. The number of fused-ring (bicyclic) bond motifs is 2. The first-order valence-electron chi connectivity index (χ1n) is 9.94. The van der Waals surface area contributed by atoms with E-state index in [4.69, 9.17) is 9.47 Å². The minimum atomic E-state index is -0.713. The Labute approximate surface area is 167 Å². The Morgan fingerprint density at radius 1 is 0.793 bits per heavy atom. The molecule has 4 heteroatoms. The third-order valence-electron chi connectivity index (χ3n) is 6.11. The molecule has 2 N–H and O–H groups in total. The summed E-state index contributed by atoms with van der Waals surface area (Å²) < 4.78 is 11.8. The Bertz CT molecular complexity index is 1310. The fourth-order valence-electron chi connectivity index (χ4n) is 4.79. The molecule has 0 unspecified atom stereocenters. The predicted molar refractivity (Wildman–Crippen MR) is 115 cm³/mol. The van der Waals surface area contributed by atoms with Crippen LogP contribution in [0, 0.1) is 0 Å². The molecule has 144 valence electrons. The van der Waals surface area contributed by atoms with Gasteiger partial charge in [0.05, 0.1) is 12.7 Å². The first-order chi connectivity index (χ1) is 14.2. The average Bonchev–Trinajstić information content (AvgIpc) is 3.11. The van der Waals surface area contributed by atoms with Crippen LogP contribution < -0.4 is 4.74 Å². The first kappa shape index (κ1) is 17.0. The highest BCUT2D eigenvalue weighted by Crippen LogP contribution is 2.43. The van der Waals surface area contributed by atoms with Crippen LogP contribution in [0.1, 0.15) is 6.42 Å². The molecule has 5 aromatic rings. The molecule has 0 radical (unpaired) electrons. The van der Waals surface area contributed by atoms with Gasteiger partial charge < -0.3 is 19.7 Å². The summed E-state index contributed by atoms with van der Waals surface area (Å²) in [5.74, 6) is 0.730. The lowest BCUT2D eigenvalue weighted by Crippen LogP contribution is -2.24. The van der Waals surface area contributed by atoms with Gasteiger partial charge in [0.25, 0.3) is 0 Å². The monoisotopic (exact) mass is 384 g/mol. The normalized spacial score (nSPS) is 22.3. The van der Waals surface area contributed by atoms with Crippen LogP contribution in [0.4, 0.5) is 0 Å². The number of rotatable bonds is 3. The number of benzene rings is 5. The second-order valence-corrected chi connectivity index (χ2v) is 7.76. The van der Waals surface area contributed by atoms with Crippen LogP contribution in [-0.4, -0.2) is 35.3 Å². The minimum Gasteiger partial charge on any atom is -0.464 e. The highest BCUT2D eigenvalue weighted by Gasteiger charge is 2.35. The van der Waals surface area contributed by atoms with Gasteiger partial charge in [0.2, 0.25) is 6.29 Å². The van der Waals surface area contributed by atoms with Gasteiger partial charge in [-0.3, -0.25) is 0 Å². The van der Waals surface area contributed by atoms with Crippen molar-refractivity contribution in [3.8, 4) is 5.75 Å². The van der Waals surface area contributed by atoms with E-state index in [0.29, 0.717) is 6.42 Å². The molecule has 0 aliphatic carbocycles. The van der Waals surface area contributed by atoms with Gasteiger partial charge in [-0.15, -0.1) is 0 Å². The molecule has 1 saturated heterocycles. The Kier molecular flexibility index (Phi) is 3.68. The molecule has 0 bridgehead atoms. The van der Waals surface area contributed by atoms with Crippen molar-refractivity contribution in [1.29, 1.82) is 0 Å². The van der Waals surface area contributed by atoms with Crippen LogP contribution >= 0.6 is 0 Å². The molecular weight excluding hydrogens is 364 g/mol. The average molecular weight is 384 g/mol. The lowest BCUT2D eigenvalue weighted by Gasteiger charge is -2.19. The Hall–Kier alpha value is -2.92. The summed E-state index contributed by atoms with van der Waals surface area (Å²) in [5.41, 5.74) is 0. The summed E-state index contributed by atoms with van der Waals surface area (Å²) in [6.07, 6.45) is -1.53. The highest BCUT2D eigenvalue weighted by molar-refractivity contribution is 6.33. The molecule has 1 aliphatic rings. The van der Waals surface area contributed by atoms with Gasteiger partial charge in [0.15, 0.2) is 0 Å². The molecule has 1 fully saturated rings. The van der Waals surface area contributed by atoms with Gasteiger partial charge in [-0.2, -0.15) is 0 Å². The minimum absolute atomic E-state index is 0.217. The van der Waals surface area contributed by atoms with Crippen molar-refractivity contribution in [2.75, 3.05) is 6.61 Å². The SMILES string of the molecule is OC[C@H]1O[C@@H](Oc2ccc3c4cccc5cccc(c6cccc2c63)c54)C[C@@H]1O. The molecule has 1 heterocycles. The van der Waals surface area contributed by atoms with Gasteiger partial charge in [-0.1, -0.05) is 60.7 Å². The second kappa shape index (κ2) is 6.29. The van der Waals surface area contributed by atoms with Crippen molar-refractivity contribution in [2.24, 2.45) is 0 Å². The third-order valence-corrected chi connectivity index (χ3v) is 6.11. The Balaban J connectivity index is 1.59. The van der Waals surface area contributed by atoms with Crippen LogP contribution in [0.5, 0.6) is 5.75 Å². The van der Waals surface area contributed by atoms with Crippen molar-refractivity contribution >= 4 is 43.1 Å². The summed E-state index contributed by atoms with van der Waals surface area (Å²) >= 11 is 0. The lowest BCUT2D eigenvalue weighted by atomic mass is 9.90. The molecular formula is C25H20O4. The van der Waals surface area contributed by atoms with Gasteiger partial charge in [0.1, 0.15) is 11.9 Å². The van der Waals surface area contributed by atoms with E-state index in [-0.39, 0.29) is 6.61 Å². The van der Waals surface area contributed by atoms with Crippen molar-refractivity contribution < 1.29 is 19.7 Å². The van der Waals surface area contributed by atoms with Crippen molar-refractivity contribution in [1.82, 2.24) is 0 Å². The fraction of sp³-hybridized carbons (Fsp3) is 0.200. The lowest BCUT2D eigenvalue weighted by molar-refractivity contribution is -0.0926. The second-order valence-electron chi connectivity index (χ2n) is 7.76. The van der Waals surface area contributed by atoms with Crippen LogP contribution in [-0.2, 0) is 4.74 Å². The quantitative estimate of drug-likeness (QED) is 0.353. The van der Waals surface area contributed by atoms with Crippen LogP contribution in [0.3, 0.4) is 0 Å². The molecule has 0 saturated carbocycles. The number of aliphatic hydroxyl groups is 2. The van der Waals surface area contributed by atoms with E-state index in [2.05, 4.69) is 60.7 Å². The smallest absolute Gasteiger partial charge is 0.202 e. The maximum absolute atomic E-state index is 10.0. The zero-order valence-corrected chi connectivity index (χ0v) is 15.7. The predicted octanol–water partition coefficient (Wildman–Crippen LogP) is 4.58. The van der Waals surface area contributed by atoms with E-state index >= 15 is 0 Å². The van der Waals surface area contributed by atoms with Crippen molar-refractivity contribution in [3.63, 3.8) is 0 Å². The summed E-state index contributed by atoms with van der Waals surface area (Å²) in [7, 11) is 0. The highest BCUT2D eigenvalue weighted by atomic mass is 16.7. The van der Waals surface area contributed by atoms with Crippen LogP contribution in [0.15, 0.2) is 66.7 Å². The molecule has 5 aromatic carbocycles. The molecule has 3 atom stereocenters. The summed E-state index contributed by atoms with van der Waals surface area (Å²) in [4.78, 5) is 0. The largest absolute Gasteiger partial charge is 0.464 e. The fourth-order valence-corrected chi connectivity index (χ4v) is 4.79. The Morgan fingerprint density at radius 3 is 2.10 bits per heavy atom. The van der Waals surface area contributed by atoms with E-state index in [1.807, 2.05) is 6.07 Å². The molecule has 4 nitrogen and oxygen atoms in total. The summed E-state index contributed by atoms with van der Waals surface area (Å²) in [5, 5.41) is 29.0. The molecule has 0 aromatic heterocycles. The van der Waals surface area contributed by atoms with E-state index in [0.717, 1.165) is 11.1 Å². The Morgan fingerprint density at radius 2 is 1.41 bits per heavy atom. The molecule has 0 amide bonds. The molecule has 1 aliphatic heterocycles. The zero-order chi connectivity index (χ0) is 19.5. The number of aliphatic hydroxyl groups excluding tert-OH is 2. The summed E-state index contributed by atoms with van der Waals surface area (Å²) in [6, 6.07) is 23.3. The maximum Gasteiger partial charge on any atom is 0.202 e.